The first-order chi connectivity index (χ1) is 6.45. The summed E-state index contributed by atoms with van der Waals surface area (Å²) in [5.41, 5.74) is 0. The fourth-order valence-corrected chi connectivity index (χ4v) is 1.32. The van der Waals surface area contributed by atoms with Crippen LogP contribution in [-0.4, -0.2) is 4.98 Å². The maximum absolute atomic E-state index is 11.9. The van der Waals surface area contributed by atoms with E-state index in [-0.39, 0.29) is 0 Å². The summed E-state index contributed by atoms with van der Waals surface area (Å²) in [5, 5.41) is -0.755. The average Bonchev–Trinajstić information content (AvgIpc) is 2.52. The van der Waals surface area contributed by atoms with E-state index in [2.05, 4.69) is 18.8 Å². The Labute approximate surface area is 86.0 Å². The van der Waals surface area contributed by atoms with Gasteiger partial charge in [0, 0.05) is 11.1 Å². The number of alkyl halides is 3. The summed E-state index contributed by atoms with van der Waals surface area (Å²) in [5.74, 6) is 0. The van der Waals surface area contributed by atoms with Gasteiger partial charge in [0.25, 0.3) is 0 Å². The highest BCUT2D eigenvalue weighted by Gasteiger charge is 2.34. The summed E-state index contributed by atoms with van der Waals surface area (Å²) in [6.45, 7) is 6.05. The molecule has 0 saturated heterocycles. The molecule has 0 fully saturated rings. The van der Waals surface area contributed by atoms with Gasteiger partial charge in [0.15, 0.2) is 5.01 Å². The van der Waals surface area contributed by atoms with E-state index in [0.29, 0.717) is 22.6 Å². The average molecular weight is 225 g/mol. The molecule has 82 valence electrons. The normalized spacial score (nSPS) is 10.7. The Balaban J connectivity index is 0.000000500. The summed E-state index contributed by atoms with van der Waals surface area (Å²) >= 11 is 0.704. The number of nitrogens with zero attached hydrogens (tertiary/aromatic N) is 1. The minimum absolute atomic E-state index is 0.605. The van der Waals surface area contributed by atoms with Gasteiger partial charge in [0.05, 0.1) is 0 Å². The third-order valence-electron chi connectivity index (χ3n) is 1.14. The second-order valence-corrected chi connectivity index (χ2v) is 3.81. The minimum atomic E-state index is -4.28. The van der Waals surface area contributed by atoms with Gasteiger partial charge in [0.1, 0.15) is 0 Å². The zero-order valence-corrected chi connectivity index (χ0v) is 9.30. The highest BCUT2D eigenvalue weighted by Crippen LogP contribution is 2.32. The molecule has 0 aromatic carbocycles. The minimum Gasteiger partial charge on any atom is -0.240 e. The topological polar surface area (TPSA) is 12.9 Å². The summed E-state index contributed by atoms with van der Waals surface area (Å²) in [7, 11) is 0. The van der Waals surface area contributed by atoms with Gasteiger partial charge in [-0.25, -0.2) is 4.98 Å². The zero-order valence-electron chi connectivity index (χ0n) is 8.48. The predicted molar refractivity (Wildman–Crippen MR) is 52.5 cm³/mol. The van der Waals surface area contributed by atoms with E-state index in [1.54, 1.807) is 6.92 Å². The molecule has 0 unspecified atom stereocenters. The largest absolute Gasteiger partial charge is 0.443 e. The molecule has 1 heterocycles. The van der Waals surface area contributed by atoms with E-state index in [1.807, 2.05) is 0 Å². The van der Waals surface area contributed by atoms with Crippen LogP contribution in [0.3, 0.4) is 0 Å². The smallest absolute Gasteiger partial charge is 0.240 e. The van der Waals surface area contributed by atoms with Crippen LogP contribution in [0.4, 0.5) is 13.2 Å². The number of hydrogen-bond acceptors (Lipinski definition) is 2. The van der Waals surface area contributed by atoms with Crippen molar-refractivity contribution in [1.82, 2.24) is 4.98 Å². The van der Waals surface area contributed by atoms with Crippen LogP contribution in [-0.2, 0) is 12.6 Å². The van der Waals surface area contributed by atoms with E-state index < -0.39 is 11.2 Å². The van der Waals surface area contributed by atoms with Gasteiger partial charge in [-0.1, -0.05) is 27.2 Å². The van der Waals surface area contributed by atoms with Crippen molar-refractivity contribution in [1.29, 1.82) is 0 Å². The molecule has 5 heteroatoms. The second kappa shape index (κ2) is 6.01. The Kier molecular flexibility index (Phi) is 5.76. The van der Waals surface area contributed by atoms with Gasteiger partial charge in [-0.15, -0.1) is 11.3 Å². The first-order valence-electron chi connectivity index (χ1n) is 4.47. The van der Waals surface area contributed by atoms with Gasteiger partial charge >= 0.3 is 6.18 Å². The van der Waals surface area contributed by atoms with Crippen LogP contribution in [0.25, 0.3) is 0 Å². The Morgan fingerprint density at radius 1 is 1.29 bits per heavy atom. The molecule has 0 amide bonds. The van der Waals surface area contributed by atoms with Crippen LogP contribution < -0.4 is 0 Å². The molecule has 0 aliphatic rings. The number of aryl methyl sites for hydroxylation is 1. The fourth-order valence-electron chi connectivity index (χ4n) is 0.602. The third kappa shape index (κ3) is 4.60. The zero-order chi connectivity index (χ0) is 11.2. The van der Waals surface area contributed by atoms with Crippen LogP contribution in [0.15, 0.2) is 6.20 Å². The van der Waals surface area contributed by atoms with Gasteiger partial charge < -0.3 is 0 Å². The fraction of sp³-hybridized carbons (Fsp3) is 0.667. The molecule has 0 atom stereocenters. The van der Waals surface area contributed by atoms with Crippen molar-refractivity contribution in [2.45, 2.75) is 39.8 Å². The van der Waals surface area contributed by atoms with Crippen molar-refractivity contribution in [3.05, 3.63) is 16.1 Å². The molecule has 0 bridgehead atoms. The lowest BCUT2D eigenvalue weighted by Crippen LogP contribution is -2.02. The molecule has 14 heavy (non-hydrogen) atoms. The first-order valence-corrected chi connectivity index (χ1v) is 5.29. The Morgan fingerprint density at radius 2 is 1.79 bits per heavy atom. The van der Waals surface area contributed by atoms with Crippen molar-refractivity contribution in [3.63, 3.8) is 0 Å². The van der Waals surface area contributed by atoms with E-state index in [4.69, 9.17) is 0 Å². The highest BCUT2D eigenvalue weighted by molar-refractivity contribution is 7.11. The molecule has 0 N–H and O–H groups in total. The number of halogens is 3. The predicted octanol–water partition coefficient (Wildman–Crippen LogP) is 4.14. The van der Waals surface area contributed by atoms with Gasteiger partial charge in [0.2, 0.25) is 0 Å². The van der Waals surface area contributed by atoms with E-state index in [1.165, 1.54) is 12.6 Å². The maximum Gasteiger partial charge on any atom is 0.443 e. The summed E-state index contributed by atoms with van der Waals surface area (Å²) in [4.78, 5) is 3.92. The van der Waals surface area contributed by atoms with Crippen LogP contribution in [0.1, 0.15) is 37.1 Å². The summed E-state index contributed by atoms with van der Waals surface area (Å²) in [6, 6.07) is 0. The number of hydrogen-bond donors (Lipinski definition) is 0. The highest BCUT2D eigenvalue weighted by atomic mass is 32.1. The SMILES string of the molecule is CCC.CCc1cnc(C(F)(F)F)s1. The lowest BCUT2D eigenvalue weighted by molar-refractivity contribution is -0.137. The molecule has 0 spiro atoms. The molecule has 0 aliphatic carbocycles. The first kappa shape index (κ1) is 13.4. The Morgan fingerprint density at radius 3 is 2.00 bits per heavy atom. The summed E-state index contributed by atoms with van der Waals surface area (Å²) < 4.78 is 35.7. The second-order valence-electron chi connectivity index (χ2n) is 2.69. The molecule has 1 aromatic rings. The lowest BCUT2D eigenvalue weighted by Gasteiger charge is -1.98. The van der Waals surface area contributed by atoms with Crippen LogP contribution >= 0.6 is 11.3 Å². The van der Waals surface area contributed by atoms with Gasteiger partial charge in [-0.05, 0) is 6.42 Å². The van der Waals surface area contributed by atoms with Crippen molar-refractivity contribution in [3.8, 4) is 0 Å². The number of aromatic nitrogens is 1. The van der Waals surface area contributed by atoms with Crippen molar-refractivity contribution >= 4 is 11.3 Å². The third-order valence-corrected chi connectivity index (χ3v) is 2.33. The Hall–Kier alpha value is -0.580. The molecular formula is C9H14F3NS. The molecule has 0 aliphatic heterocycles. The molecule has 1 nitrogen and oxygen atoms in total. The van der Waals surface area contributed by atoms with Crippen molar-refractivity contribution in [2.75, 3.05) is 0 Å². The standard InChI is InChI=1S/C6H6F3NS.C3H8/c1-2-4-3-10-5(11-4)6(7,8)9;1-3-2/h3H,2H2,1H3;3H2,1-2H3. The van der Waals surface area contributed by atoms with Crippen LogP contribution in [0, 0.1) is 0 Å². The van der Waals surface area contributed by atoms with E-state index >= 15 is 0 Å². The van der Waals surface area contributed by atoms with Crippen LogP contribution in [0.2, 0.25) is 0 Å². The molecule has 0 radical (unpaired) electrons. The van der Waals surface area contributed by atoms with Crippen molar-refractivity contribution < 1.29 is 13.2 Å². The maximum atomic E-state index is 11.9. The van der Waals surface area contributed by atoms with Gasteiger partial charge in [-0.2, -0.15) is 13.2 Å². The number of thiazole rings is 1. The summed E-state index contributed by atoms with van der Waals surface area (Å²) in [6.07, 6.45) is -1.15. The monoisotopic (exact) mass is 225 g/mol. The molecule has 1 rings (SSSR count). The number of rotatable bonds is 1. The van der Waals surface area contributed by atoms with E-state index in [9.17, 15) is 13.2 Å². The molecular weight excluding hydrogens is 211 g/mol. The Bertz CT molecular complexity index is 255. The molecule has 0 saturated carbocycles. The quantitative estimate of drug-likeness (QED) is 0.700. The van der Waals surface area contributed by atoms with Crippen LogP contribution in [0.5, 0.6) is 0 Å². The van der Waals surface area contributed by atoms with E-state index in [0.717, 1.165) is 0 Å². The van der Waals surface area contributed by atoms with Gasteiger partial charge in [-0.3, -0.25) is 0 Å². The lowest BCUT2D eigenvalue weighted by atomic mass is 10.4. The van der Waals surface area contributed by atoms with Crippen molar-refractivity contribution in [2.24, 2.45) is 0 Å². The molecule has 1 aromatic heterocycles.